The molecule has 6 heteroatoms. The Morgan fingerprint density at radius 3 is 3.18 bits per heavy atom. The van der Waals surface area contributed by atoms with Crippen LogP contribution in [0.3, 0.4) is 0 Å². The molecule has 1 aliphatic rings. The molecule has 22 heavy (non-hydrogen) atoms. The number of fused-ring (bicyclic) bond motifs is 2. The lowest BCUT2D eigenvalue weighted by Gasteiger charge is -2.05. The molecule has 0 aliphatic carbocycles. The number of H-pyrrole nitrogens is 1. The first kappa shape index (κ1) is 13.1. The molecular formula is C16H16N4O2. The minimum absolute atomic E-state index is 0.197. The normalized spacial score (nSPS) is 13.5. The number of carbonyl (C=O) groups is 1. The van der Waals surface area contributed by atoms with E-state index in [-0.39, 0.29) is 12.6 Å². The van der Waals surface area contributed by atoms with Crippen molar-refractivity contribution in [1.29, 1.82) is 0 Å². The van der Waals surface area contributed by atoms with E-state index < -0.39 is 0 Å². The summed E-state index contributed by atoms with van der Waals surface area (Å²) in [7, 11) is 0. The highest BCUT2D eigenvalue weighted by molar-refractivity contribution is 6.02. The number of esters is 1. The van der Waals surface area contributed by atoms with Gasteiger partial charge in [0.2, 0.25) is 0 Å². The van der Waals surface area contributed by atoms with Crippen molar-refractivity contribution in [3.63, 3.8) is 0 Å². The van der Waals surface area contributed by atoms with Gasteiger partial charge in [0.25, 0.3) is 0 Å². The van der Waals surface area contributed by atoms with Crippen molar-refractivity contribution in [2.24, 2.45) is 0 Å². The van der Waals surface area contributed by atoms with E-state index in [1.165, 1.54) is 5.69 Å². The van der Waals surface area contributed by atoms with Crippen LogP contribution in [0, 0.1) is 6.92 Å². The van der Waals surface area contributed by atoms with E-state index in [1.807, 2.05) is 29.8 Å². The number of nitrogens with one attached hydrogen (secondary N) is 1. The third-order valence-corrected chi connectivity index (χ3v) is 3.98. The Bertz CT molecular complexity index is 841. The van der Waals surface area contributed by atoms with Crippen LogP contribution in [0.25, 0.3) is 10.9 Å². The maximum atomic E-state index is 12.4. The van der Waals surface area contributed by atoms with Crippen molar-refractivity contribution in [2.75, 3.05) is 0 Å². The standard InChI is InChI=1S/C16H16N4O2/c1-10-5-11-8-17-18-15(11)14(6-10)16(21)22-9-12-7-13-3-2-4-20(13)19-12/h5-8H,2-4,9H2,1H3,(H,17,18). The largest absolute Gasteiger partial charge is 0.455 e. The summed E-state index contributed by atoms with van der Waals surface area (Å²) in [5.41, 5.74) is 4.25. The van der Waals surface area contributed by atoms with Crippen molar-refractivity contribution in [3.05, 3.63) is 46.9 Å². The van der Waals surface area contributed by atoms with Gasteiger partial charge in [-0.25, -0.2) is 4.79 Å². The Kier molecular flexibility index (Phi) is 2.96. The Hall–Kier alpha value is -2.63. The molecule has 4 rings (SSSR count). The molecule has 0 amide bonds. The number of rotatable bonds is 3. The number of aromatic amines is 1. The lowest BCUT2D eigenvalue weighted by molar-refractivity contribution is 0.0469. The van der Waals surface area contributed by atoms with Crippen LogP contribution >= 0.6 is 0 Å². The minimum Gasteiger partial charge on any atom is -0.455 e. The summed E-state index contributed by atoms with van der Waals surface area (Å²) in [6, 6.07) is 5.81. The molecule has 0 unspecified atom stereocenters. The van der Waals surface area contributed by atoms with Crippen LogP contribution in [0.2, 0.25) is 0 Å². The SMILES string of the molecule is Cc1cc(C(=O)OCc2cc3n(n2)CCC3)c2[nH]ncc2c1. The smallest absolute Gasteiger partial charge is 0.340 e. The van der Waals surface area contributed by atoms with Gasteiger partial charge < -0.3 is 4.74 Å². The first-order valence-electron chi connectivity index (χ1n) is 7.37. The number of benzene rings is 1. The minimum atomic E-state index is -0.355. The van der Waals surface area contributed by atoms with Gasteiger partial charge in [0.05, 0.1) is 17.3 Å². The summed E-state index contributed by atoms with van der Waals surface area (Å²) in [5.74, 6) is -0.355. The Labute approximate surface area is 127 Å². The van der Waals surface area contributed by atoms with Crippen LogP contribution in [0.15, 0.2) is 24.4 Å². The van der Waals surface area contributed by atoms with E-state index >= 15 is 0 Å². The van der Waals surface area contributed by atoms with E-state index in [0.29, 0.717) is 11.1 Å². The van der Waals surface area contributed by atoms with Crippen molar-refractivity contribution >= 4 is 16.9 Å². The van der Waals surface area contributed by atoms with E-state index in [9.17, 15) is 4.79 Å². The molecule has 6 nitrogen and oxygen atoms in total. The number of hydrogen-bond acceptors (Lipinski definition) is 4. The van der Waals surface area contributed by atoms with Gasteiger partial charge in [0, 0.05) is 17.6 Å². The molecule has 0 saturated carbocycles. The lowest BCUT2D eigenvalue weighted by atomic mass is 10.1. The second-order valence-corrected chi connectivity index (χ2v) is 5.68. The molecule has 3 aromatic rings. The predicted molar refractivity (Wildman–Crippen MR) is 80.5 cm³/mol. The van der Waals surface area contributed by atoms with Crippen LogP contribution in [0.1, 0.15) is 33.7 Å². The Morgan fingerprint density at radius 1 is 1.41 bits per heavy atom. The highest BCUT2D eigenvalue weighted by Gasteiger charge is 2.17. The average molecular weight is 296 g/mol. The topological polar surface area (TPSA) is 72.8 Å². The van der Waals surface area contributed by atoms with E-state index in [0.717, 1.165) is 36.0 Å². The first-order valence-corrected chi connectivity index (χ1v) is 7.37. The highest BCUT2D eigenvalue weighted by atomic mass is 16.5. The quantitative estimate of drug-likeness (QED) is 0.753. The molecule has 1 N–H and O–H groups in total. The molecule has 2 aromatic heterocycles. The Morgan fingerprint density at radius 2 is 2.32 bits per heavy atom. The maximum Gasteiger partial charge on any atom is 0.340 e. The molecule has 0 spiro atoms. The van der Waals surface area contributed by atoms with E-state index in [4.69, 9.17) is 4.74 Å². The molecule has 0 fully saturated rings. The second kappa shape index (κ2) is 4.98. The van der Waals surface area contributed by atoms with Crippen LogP contribution in [0.5, 0.6) is 0 Å². The molecule has 0 saturated heterocycles. The molecule has 0 bridgehead atoms. The van der Waals surface area contributed by atoms with Crippen molar-refractivity contribution in [2.45, 2.75) is 32.9 Å². The van der Waals surface area contributed by atoms with Gasteiger partial charge in [-0.3, -0.25) is 9.78 Å². The highest BCUT2D eigenvalue weighted by Crippen LogP contribution is 2.20. The summed E-state index contributed by atoms with van der Waals surface area (Å²) < 4.78 is 7.41. The fourth-order valence-corrected chi connectivity index (χ4v) is 2.98. The number of hydrogen-bond donors (Lipinski definition) is 1. The molecule has 0 atom stereocenters. The van der Waals surface area contributed by atoms with Gasteiger partial charge in [-0.15, -0.1) is 0 Å². The summed E-state index contributed by atoms with van der Waals surface area (Å²) in [5, 5.41) is 12.2. The lowest BCUT2D eigenvalue weighted by Crippen LogP contribution is -2.07. The predicted octanol–water partition coefficient (Wildman–Crippen LogP) is 2.37. The summed E-state index contributed by atoms with van der Waals surface area (Å²) >= 11 is 0. The van der Waals surface area contributed by atoms with Crippen molar-refractivity contribution < 1.29 is 9.53 Å². The van der Waals surface area contributed by atoms with Gasteiger partial charge >= 0.3 is 5.97 Å². The molecule has 112 valence electrons. The summed E-state index contributed by atoms with van der Waals surface area (Å²) in [6.45, 7) is 3.10. The van der Waals surface area contributed by atoms with Crippen LogP contribution in [-0.2, 0) is 24.3 Å². The average Bonchev–Trinajstić information content (AvgIpc) is 3.18. The number of aryl methyl sites for hydroxylation is 3. The Balaban J connectivity index is 1.54. The second-order valence-electron chi connectivity index (χ2n) is 5.68. The number of nitrogens with zero attached hydrogens (tertiary/aromatic N) is 3. The zero-order valence-corrected chi connectivity index (χ0v) is 12.3. The number of aromatic nitrogens is 4. The van der Waals surface area contributed by atoms with E-state index in [2.05, 4.69) is 15.3 Å². The van der Waals surface area contributed by atoms with Gasteiger partial charge in [-0.05, 0) is 43.5 Å². The van der Waals surface area contributed by atoms with Crippen molar-refractivity contribution in [3.8, 4) is 0 Å². The molecule has 3 heterocycles. The molecular weight excluding hydrogens is 280 g/mol. The third kappa shape index (κ3) is 2.16. The van der Waals surface area contributed by atoms with Crippen molar-refractivity contribution in [1.82, 2.24) is 20.0 Å². The molecule has 1 aliphatic heterocycles. The van der Waals surface area contributed by atoms with Gasteiger partial charge in [0.1, 0.15) is 12.3 Å². The van der Waals surface area contributed by atoms with Crippen LogP contribution in [-0.4, -0.2) is 25.9 Å². The van der Waals surface area contributed by atoms with Crippen LogP contribution in [0.4, 0.5) is 0 Å². The maximum absolute atomic E-state index is 12.4. The number of ether oxygens (including phenoxy) is 1. The fourth-order valence-electron chi connectivity index (χ4n) is 2.98. The van der Waals surface area contributed by atoms with Crippen LogP contribution < -0.4 is 0 Å². The molecule has 0 radical (unpaired) electrons. The van der Waals surface area contributed by atoms with Gasteiger partial charge in [-0.1, -0.05) is 0 Å². The monoisotopic (exact) mass is 296 g/mol. The number of carbonyl (C=O) groups excluding carboxylic acids is 1. The first-order chi connectivity index (χ1) is 10.7. The molecule has 1 aromatic carbocycles. The van der Waals surface area contributed by atoms with Gasteiger partial charge in [0.15, 0.2) is 0 Å². The van der Waals surface area contributed by atoms with Gasteiger partial charge in [-0.2, -0.15) is 10.2 Å². The third-order valence-electron chi connectivity index (χ3n) is 3.98. The zero-order valence-electron chi connectivity index (χ0n) is 12.3. The van der Waals surface area contributed by atoms with E-state index in [1.54, 1.807) is 6.20 Å². The summed E-state index contributed by atoms with van der Waals surface area (Å²) in [6.07, 6.45) is 3.90. The zero-order chi connectivity index (χ0) is 15.1. The fraction of sp³-hybridized carbons (Fsp3) is 0.312. The summed E-state index contributed by atoms with van der Waals surface area (Å²) in [4.78, 5) is 12.4.